The van der Waals surface area contributed by atoms with Crippen molar-refractivity contribution in [2.24, 2.45) is 0 Å². The Morgan fingerprint density at radius 1 is 1.33 bits per heavy atom. The minimum Gasteiger partial charge on any atom is -0.496 e. The van der Waals surface area contributed by atoms with Crippen molar-refractivity contribution in [1.82, 2.24) is 10.2 Å². The van der Waals surface area contributed by atoms with Gasteiger partial charge in [0.25, 0.3) is 5.91 Å². The zero-order valence-electron chi connectivity index (χ0n) is 12.0. The molecule has 6 heteroatoms. The Bertz CT molecular complexity index is 524. The number of nitrogens with zero attached hydrogens (tertiary/aromatic N) is 1. The number of likely N-dealkylation sites (tertiary alicyclic amines) is 1. The quantitative estimate of drug-likeness (QED) is 0.906. The number of ether oxygens (including phenoxy) is 1. The standard InChI is InChI=1S/C15H19ClN2O2.ClH/c1-20-14-5-2-10(16)8-13(14)15(19)18-7-6-11-3-4-12(9-18)17-11;/h2,5,8,11-12,17H,3-4,6-7,9H2,1H3;1H. The summed E-state index contributed by atoms with van der Waals surface area (Å²) >= 11 is 6.01. The van der Waals surface area contributed by atoms with Gasteiger partial charge in [0.05, 0.1) is 12.7 Å². The molecule has 2 fully saturated rings. The largest absolute Gasteiger partial charge is 0.496 e. The van der Waals surface area contributed by atoms with Crippen LogP contribution in [0.4, 0.5) is 0 Å². The molecule has 2 aliphatic heterocycles. The number of methoxy groups -OCH3 is 1. The third-order valence-electron chi connectivity index (χ3n) is 4.20. The molecule has 0 radical (unpaired) electrons. The van der Waals surface area contributed by atoms with Crippen molar-refractivity contribution in [3.63, 3.8) is 0 Å². The summed E-state index contributed by atoms with van der Waals surface area (Å²) in [6, 6.07) is 6.18. The lowest BCUT2D eigenvalue weighted by Gasteiger charge is -2.25. The number of hydrogen-bond donors (Lipinski definition) is 1. The third kappa shape index (κ3) is 3.44. The predicted octanol–water partition coefficient (Wildman–Crippen LogP) is 2.74. The van der Waals surface area contributed by atoms with Crippen LogP contribution in [0.15, 0.2) is 18.2 Å². The van der Waals surface area contributed by atoms with Crippen molar-refractivity contribution in [3.8, 4) is 5.75 Å². The van der Waals surface area contributed by atoms with E-state index in [-0.39, 0.29) is 18.3 Å². The number of halogens is 2. The average Bonchev–Trinajstić information content (AvgIpc) is 2.77. The molecule has 21 heavy (non-hydrogen) atoms. The first-order valence-electron chi connectivity index (χ1n) is 7.06. The molecule has 1 N–H and O–H groups in total. The first kappa shape index (κ1) is 16.4. The molecule has 0 saturated carbocycles. The second-order valence-electron chi connectivity index (χ2n) is 5.52. The Kier molecular flexibility index (Phi) is 5.36. The van der Waals surface area contributed by atoms with Gasteiger partial charge in [-0.15, -0.1) is 12.4 Å². The first-order chi connectivity index (χ1) is 9.67. The first-order valence-corrected chi connectivity index (χ1v) is 7.44. The van der Waals surface area contributed by atoms with E-state index < -0.39 is 0 Å². The highest BCUT2D eigenvalue weighted by Gasteiger charge is 2.32. The Hall–Kier alpha value is -0.970. The maximum atomic E-state index is 12.7. The maximum absolute atomic E-state index is 12.7. The molecule has 1 amide bonds. The van der Waals surface area contributed by atoms with Gasteiger partial charge in [0, 0.05) is 30.2 Å². The Morgan fingerprint density at radius 3 is 2.86 bits per heavy atom. The zero-order chi connectivity index (χ0) is 14.1. The highest BCUT2D eigenvalue weighted by Crippen LogP contribution is 2.26. The summed E-state index contributed by atoms with van der Waals surface area (Å²) in [4.78, 5) is 14.6. The smallest absolute Gasteiger partial charge is 0.257 e. The SMILES string of the molecule is COc1ccc(Cl)cc1C(=O)N1CCC2CCC(C1)N2.Cl. The second-order valence-corrected chi connectivity index (χ2v) is 5.96. The zero-order valence-corrected chi connectivity index (χ0v) is 13.5. The van der Waals surface area contributed by atoms with Crippen LogP contribution in [-0.4, -0.2) is 43.1 Å². The topological polar surface area (TPSA) is 41.6 Å². The van der Waals surface area contributed by atoms with E-state index in [0.717, 1.165) is 25.9 Å². The number of rotatable bonds is 2. The van der Waals surface area contributed by atoms with Crippen LogP contribution in [-0.2, 0) is 0 Å². The number of nitrogens with one attached hydrogen (secondary N) is 1. The number of fused-ring (bicyclic) bond motifs is 2. The van der Waals surface area contributed by atoms with Crippen LogP contribution in [0.3, 0.4) is 0 Å². The van der Waals surface area contributed by atoms with E-state index in [1.165, 1.54) is 6.42 Å². The molecule has 2 unspecified atom stereocenters. The Balaban J connectivity index is 0.00000161. The van der Waals surface area contributed by atoms with Crippen LogP contribution in [0.5, 0.6) is 5.75 Å². The van der Waals surface area contributed by atoms with Gasteiger partial charge >= 0.3 is 0 Å². The summed E-state index contributed by atoms with van der Waals surface area (Å²) in [5, 5.41) is 4.14. The van der Waals surface area contributed by atoms with Crippen molar-refractivity contribution in [2.75, 3.05) is 20.2 Å². The van der Waals surface area contributed by atoms with Gasteiger partial charge in [-0.1, -0.05) is 11.6 Å². The van der Waals surface area contributed by atoms with E-state index in [4.69, 9.17) is 16.3 Å². The van der Waals surface area contributed by atoms with Crippen molar-refractivity contribution in [2.45, 2.75) is 31.3 Å². The van der Waals surface area contributed by atoms with Crippen LogP contribution in [0.25, 0.3) is 0 Å². The van der Waals surface area contributed by atoms with Gasteiger partial charge in [-0.3, -0.25) is 4.79 Å². The minimum absolute atomic E-state index is 0. The lowest BCUT2D eigenvalue weighted by molar-refractivity contribution is 0.0745. The van der Waals surface area contributed by atoms with Gasteiger partial charge in [-0.2, -0.15) is 0 Å². The molecule has 0 spiro atoms. The molecule has 2 atom stereocenters. The highest BCUT2D eigenvalue weighted by molar-refractivity contribution is 6.31. The second kappa shape index (κ2) is 6.86. The molecular formula is C15H20Cl2N2O2. The van der Waals surface area contributed by atoms with Gasteiger partial charge in [0.15, 0.2) is 0 Å². The summed E-state index contributed by atoms with van der Waals surface area (Å²) in [6.07, 6.45) is 3.40. The fourth-order valence-corrected chi connectivity index (χ4v) is 3.32. The lowest BCUT2D eigenvalue weighted by Crippen LogP contribution is -2.39. The van der Waals surface area contributed by atoms with Crippen molar-refractivity contribution >= 4 is 29.9 Å². The van der Waals surface area contributed by atoms with Gasteiger partial charge in [0.1, 0.15) is 5.75 Å². The van der Waals surface area contributed by atoms with Gasteiger partial charge < -0.3 is 15.0 Å². The molecule has 3 rings (SSSR count). The molecule has 116 valence electrons. The minimum atomic E-state index is 0. The molecule has 2 saturated heterocycles. The van der Waals surface area contributed by atoms with E-state index >= 15 is 0 Å². The fourth-order valence-electron chi connectivity index (χ4n) is 3.15. The van der Waals surface area contributed by atoms with Crippen LogP contribution in [0.2, 0.25) is 5.02 Å². The molecule has 2 aliphatic rings. The van der Waals surface area contributed by atoms with E-state index in [2.05, 4.69) is 5.32 Å². The van der Waals surface area contributed by atoms with E-state index in [0.29, 0.717) is 28.4 Å². The molecule has 0 aromatic heterocycles. The molecule has 2 heterocycles. The van der Waals surface area contributed by atoms with Crippen molar-refractivity contribution < 1.29 is 9.53 Å². The molecule has 4 nitrogen and oxygen atoms in total. The number of hydrogen-bond acceptors (Lipinski definition) is 3. The molecule has 2 bridgehead atoms. The van der Waals surface area contributed by atoms with Crippen molar-refractivity contribution in [1.29, 1.82) is 0 Å². The highest BCUT2D eigenvalue weighted by atomic mass is 35.5. The predicted molar refractivity (Wildman–Crippen MR) is 85.7 cm³/mol. The summed E-state index contributed by atoms with van der Waals surface area (Å²) < 4.78 is 5.28. The molecule has 1 aromatic carbocycles. The van der Waals surface area contributed by atoms with Crippen LogP contribution >= 0.6 is 24.0 Å². The lowest BCUT2D eigenvalue weighted by atomic mass is 10.1. The van der Waals surface area contributed by atoms with Gasteiger partial charge in [0.2, 0.25) is 0 Å². The van der Waals surface area contributed by atoms with Gasteiger partial charge in [-0.05, 0) is 37.5 Å². The van der Waals surface area contributed by atoms with Gasteiger partial charge in [-0.25, -0.2) is 0 Å². The normalized spacial score (nSPS) is 24.2. The Labute approximate surface area is 136 Å². The number of carbonyl (C=O) groups is 1. The number of carbonyl (C=O) groups excluding carboxylic acids is 1. The molecular weight excluding hydrogens is 311 g/mol. The summed E-state index contributed by atoms with van der Waals surface area (Å²) in [6.45, 7) is 1.56. The molecule has 1 aromatic rings. The number of amides is 1. The van der Waals surface area contributed by atoms with E-state index in [1.54, 1.807) is 25.3 Å². The van der Waals surface area contributed by atoms with Crippen molar-refractivity contribution in [3.05, 3.63) is 28.8 Å². The Morgan fingerprint density at radius 2 is 2.10 bits per heavy atom. The average molecular weight is 331 g/mol. The summed E-state index contributed by atoms with van der Waals surface area (Å²) in [7, 11) is 1.58. The van der Waals surface area contributed by atoms with Crippen LogP contribution < -0.4 is 10.1 Å². The van der Waals surface area contributed by atoms with Crippen LogP contribution in [0.1, 0.15) is 29.6 Å². The van der Waals surface area contributed by atoms with Crippen LogP contribution in [0, 0.1) is 0 Å². The number of benzene rings is 1. The fraction of sp³-hybridized carbons (Fsp3) is 0.533. The summed E-state index contributed by atoms with van der Waals surface area (Å²) in [5.41, 5.74) is 0.553. The maximum Gasteiger partial charge on any atom is 0.257 e. The summed E-state index contributed by atoms with van der Waals surface area (Å²) in [5.74, 6) is 0.598. The molecule has 0 aliphatic carbocycles. The monoisotopic (exact) mass is 330 g/mol. The van der Waals surface area contributed by atoms with E-state index in [9.17, 15) is 4.79 Å². The third-order valence-corrected chi connectivity index (χ3v) is 4.44. The van der Waals surface area contributed by atoms with E-state index in [1.807, 2.05) is 4.90 Å².